The highest BCUT2D eigenvalue weighted by Gasteiger charge is 2.24. The van der Waals surface area contributed by atoms with E-state index in [1.165, 1.54) is 0 Å². The lowest BCUT2D eigenvalue weighted by Crippen LogP contribution is -2.23. The highest BCUT2D eigenvalue weighted by Crippen LogP contribution is 2.25. The molecule has 0 aromatic rings. The monoisotopic (exact) mass is 174 g/mol. The van der Waals surface area contributed by atoms with Gasteiger partial charge in [0, 0.05) is 0 Å². The van der Waals surface area contributed by atoms with Crippen molar-refractivity contribution in [1.82, 2.24) is 0 Å². The molecule has 0 nitrogen and oxygen atoms in total. The van der Waals surface area contributed by atoms with E-state index < -0.39 is 7.38 Å². The molecule has 0 saturated carbocycles. The Morgan fingerprint density at radius 3 is 1.90 bits per heavy atom. The Balaban J connectivity index is 3.92. The molecule has 0 fully saturated rings. The molecule has 0 aromatic heterocycles. The minimum absolute atomic E-state index is 0.997. The van der Waals surface area contributed by atoms with Crippen LogP contribution >= 0.6 is 11.1 Å². The van der Waals surface area contributed by atoms with E-state index in [1.54, 1.807) is 0 Å². The summed E-state index contributed by atoms with van der Waals surface area (Å²) < 4.78 is 0. The lowest BCUT2D eigenvalue weighted by molar-refractivity contribution is 1.32. The van der Waals surface area contributed by atoms with Crippen molar-refractivity contribution >= 4 is 18.5 Å². The van der Waals surface area contributed by atoms with Crippen LogP contribution < -0.4 is 0 Å². The summed E-state index contributed by atoms with van der Waals surface area (Å²) in [6.45, 7) is 9.53. The first kappa shape index (κ1) is 9.99. The molecule has 2 heteroatoms. The summed E-state index contributed by atoms with van der Waals surface area (Å²) in [6.07, 6.45) is 3.85. The molecule has 0 bridgehead atoms. The molecule has 0 spiro atoms. The SMILES string of the molecule is C=CC[Si](Cl)(CC)CC=C. The lowest BCUT2D eigenvalue weighted by Gasteiger charge is -2.18. The third-order valence-electron chi connectivity index (χ3n) is 1.65. The first-order valence-electron chi connectivity index (χ1n) is 3.59. The largest absolute Gasteiger partial charge is 0.166 e. The minimum Gasteiger partial charge on any atom is -0.166 e. The maximum absolute atomic E-state index is 6.32. The van der Waals surface area contributed by atoms with Crippen LogP contribution in [0.25, 0.3) is 0 Å². The van der Waals surface area contributed by atoms with Crippen molar-refractivity contribution in [3.63, 3.8) is 0 Å². The Hall–Kier alpha value is -0.0131. The normalized spacial score (nSPS) is 11.0. The van der Waals surface area contributed by atoms with E-state index in [1.807, 2.05) is 12.2 Å². The zero-order chi connectivity index (χ0) is 8.04. The van der Waals surface area contributed by atoms with E-state index in [9.17, 15) is 0 Å². The van der Waals surface area contributed by atoms with Crippen LogP contribution in [0.2, 0.25) is 18.1 Å². The molecule has 0 atom stereocenters. The minimum atomic E-state index is -1.49. The molecule has 0 aromatic carbocycles. The Bertz CT molecular complexity index is 110. The molecule has 0 aliphatic rings. The van der Waals surface area contributed by atoms with Crippen molar-refractivity contribution in [2.45, 2.75) is 25.1 Å². The Kier molecular flexibility index (Phi) is 4.74. The second kappa shape index (κ2) is 4.75. The van der Waals surface area contributed by atoms with Crippen LogP contribution in [0.5, 0.6) is 0 Å². The second-order valence-corrected chi connectivity index (χ2v) is 8.72. The predicted octanol–water partition coefficient (Wildman–Crippen LogP) is 3.56. The van der Waals surface area contributed by atoms with E-state index >= 15 is 0 Å². The molecule has 10 heavy (non-hydrogen) atoms. The zero-order valence-corrected chi connectivity index (χ0v) is 8.32. The molecular formula is C8H15ClSi. The molecular weight excluding hydrogens is 160 g/mol. The second-order valence-electron chi connectivity index (χ2n) is 2.49. The molecule has 0 rings (SSSR count). The zero-order valence-electron chi connectivity index (χ0n) is 6.57. The van der Waals surface area contributed by atoms with Gasteiger partial charge in [0.15, 0.2) is 7.38 Å². The van der Waals surface area contributed by atoms with Crippen LogP contribution in [0.4, 0.5) is 0 Å². The smallest absolute Gasteiger partial charge is 0.163 e. The van der Waals surface area contributed by atoms with E-state index in [0.717, 1.165) is 18.1 Å². The van der Waals surface area contributed by atoms with Gasteiger partial charge in [-0.25, -0.2) is 0 Å². The van der Waals surface area contributed by atoms with Crippen molar-refractivity contribution < 1.29 is 0 Å². The van der Waals surface area contributed by atoms with E-state index in [0.29, 0.717) is 0 Å². The van der Waals surface area contributed by atoms with Gasteiger partial charge in [0.05, 0.1) is 0 Å². The van der Waals surface area contributed by atoms with Gasteiger partial charge >= 0.3 is 0 Å². The molecule has 0 N–H and O–H groups in total. The number of hydrogen-bond acceptors (Lipinski definition) is 0. The fraction of sp³-hybridized carbons (Fsp3) is 0.500. The summed E-state index contributed by atoms with van der Waals surface area (Å²) in [5, 5.41) is 0. The molecule has 0 unspecified atom stereocenters. The van der Waals surface area contributed by atoms with Crippen molar-refractivity contribution in [2.75, 3.05) is 0 Å². The summed E-state index contributed by atoms with van der Waals surface area (Å²) in [7, 11) is -1.49. The molecule has 58 valence electrons. The summed E-state index contributed by atoms with van der Waals surface area (Å²) >= 11 is 6.32. The van der Waals surface area contributed by atoms with Gasteiger partial charge in [-0.2, -0.15) is 11.1 Å². The maximum Gasteiger partial charge on any atom is 0.163 e. The number of rotatable bonds is 5. The lowest BCUT2D eigenvalue weighted by atomic mass is 10.7. The molecule has 0 saturated heterocycles. The average Bonchev–Trinajstić information content (AvgIpc) is 1.89. The fourth-order valence-electron chi connectivity index (χ4n) is 0.889. The summed E-state index contributed by atoms with van der Waals surface area (Å²) in [5.41, 5.74) is 0. The number of allylic oxidation sites excluding steroid dienone is 2. The third-order valence-corrected chi connectivity index (χ3v) is 6.69. The van der Waals surface area contributed by atoms with Gasteiger partial charge in [-0.3, -0.25) is 0 Å². The van der Waals surface area contributed by atoms with Gasteiger partial charge in [-0.15, -0.1) is 13.2 Å². The summed E-state index contributed by atoms with van der Waals surface area (Å²) in [6, 6.07) is 3.10. The molecule has 0 radical (unpaired) electrons. The van der Waals surface area contributed by atoms with E-state index in [2.05, 4.69) is 20.1 Å². The van der Waals surface area contributed by atoms with Crippen LogP contribution in [0.1, 0.15) is 6.92 Å². The van der Waals surface area contributed by atoms with Crippen molar-refractivity contribution in [3.8, 4) is 0 Å². The van der Waals surface area contributed by atoms with Crippen LogP contribution in [0.15, 0.2) is 25.3 Å². The standard InChI is InChI=1S/C8H15ClSi/c1-4-7-10(9,6-3)8-5-2/h4-5H,1-2,6-8H2,3H3. The molecule has 0 aliphatic carbocycles. The van der Waals surface area contributed by atoms with Gasteiger partial charge in [0.1, 0.15) is 0 Å². The Morgan fingerprint density at radius 2 is 1.70 bits per heavy atom. The predicted molar refractivity (Wildman–Crippen MR) is 52.1 cm³/mol. The third kappa shape index (κ3) is 3.23. The van der Waals surface area contributed by atoms with E-state index in [4.69, 9.17) is 11.1 Å². The van der Waals surface area contributed by atoms with Crippen LogP contribution in [-0.4, -0.2) is 7.38 Å². The first-order chi connectivity index (χ1) is 4.68. The first-order valence-corrected chi connectivity index (χ1v) is 7.22. The Labute approximate surface area is 69.3 Å². The maximum atomic E-state index is 6.32. The Morgan fingerprint density at radius 1 is 1.30 bits per heavy atom. The number of hydrogen-bond donors (Lipinski definition) is 0. The summed E-state index contributed by atoms with van der Waals surface area (Å²) in [5.74, 6) is 0. The van der Waals surface area contributed by atoms with E-state index in [-0.39, 0.29) is 0 Å². The molecule has 0 amide bonds. The molecule has 0 heterocycles. The highest BCUT2D eigenvalue weighted by atomic mass is 35.6. The summed E-state index contributed by atoms with van der Waals surface area (Å²) in [4.78, 5) is 0. The highest BCUT2D eigenvalue weighted by molar-refractivity contribution is 7.20. The van der Waals surface area contributed by atoms with Gasteiger partial charge in [-0.1, -0.05) is 19.1 Å². The van der Waals surface area contributed by atoms with Gasteiger partial charge in [-0.05, 0) is 18.1 Å². The topological polar surface area (TPSA) is 0 Å². The quantitative estimate of drug-likeness (QED) is 0.340. The molecule has 0 aliphatic heterocycles. The van der Waals surface area contributed by atoms with Crippen molar-refractivity contribution in [1.29, 1.82) is 0 Å². The van der Waals surface area contributed by atoms with Crippen LogP contribution in [0, 0.1) is 0 Å². The van der Waals surface area contributed by atoms with Gasteiger partial charge in [0.25, 0.3) is 0 Å². The van der Waals surface area contributed by atoms with Crippen molar-refractivity contribution in [3.05, 3.63) is 25.3 Å². The van der Waals surface area contributed by atoms with Gasteiger partial charge < -0.3 is 0 Å². The van der Waals surface area contributed by atoms with Crippen LogP contribution in [0.3, 0.4) is 0 Å². The van der Waals surface area contributed by atoms with Gasteiger partial charge in [0.2, 0.25) is 0 Å². The number of halogens is 1. The van der Waals surface area contributed by atoms with Crippen molar-refractivity contribution in [2.24, 2.45) is 0 Å². The average molecular weight is 175 g/mol. The van der Waals surface area contributed by atoms with Crippen LogP contribution in [-0.2, 0) is 0 Å². The fourth-order valence-corrected chi connectivity index (χ4v) is 3.32.